The molecule has 4 atom stereocenters. The lowest BCUT2D eigenvalue weighted by molar-refractivity contribution is -0.192. The molecule has 130 valence electrons. The Morgan fingerprint density at radius 3 is 2.30 bits per heavy atom. The molecule has 1 heterocycles. The number of hydrogen-bond donors (Lipinski definition) is 0. The first-order valence-corrected chi connectivity index (χ1v) is 10.7. The monoisotopic (exact) mass is 342 g/mol. The molecular weight excluding hydrogens is 316 g/mol. The smallest absolute Gasteiger partial charge is 0.356 e. The number of carbonyl (C=O) groups excluding carboxylic acids is 2. The van der Waals surface area contributed by atoms with Crippen LogP contribution in [-0.4, -0.2) is 51.3 Å². The molecule has 6 nitrogen and oxygen atoms in total. The van der Waals surface area contributed by atoms with Crippen LogP contribution in [0.2, 0.25) is 18.1 Å². The number of epoxide rings is 1. The van der Waals surface area contributed by atoms with Gasteiger partial charge < -0.3 is 18.6 Å². The highest BCUT2D eigenvalue weighted by molar-refractivity contribution is 6.74. The maximum absolute atomic E-state index is 12.5. The van der Waals surface area contributed by atoms with Gasteiger partial charge in [-0.15, -0.1) is 0 Å². The summed E-state index contributed by atoms with van der Waals surface area (Å²) in [6, 6.07) is 0. The van der Waals surface area contributed by atoms with Crippen LogP contribution < -0.4 is 0 Å². The molecule has 23 heavy (non-hydrogen) atoms. The Balaban J connectivity index is 2.42. The molecule has 0 aromatic rings. The van der Waals surface area contributed by atoms with Crippen molar-refractivity contribution in [2.24, 2.45) is 0 Å². The summed E-state index contributed by atoms with van der Waals surface area (Å²) in [7, 11) is -0.937. The normalized spacial score (nSPS) is 32.9. The molecule has 1 aliphatic carbocycles. The van der Waals surface area contributed by atoms with E-state index in [0.717, 1.165) is 0 Å². The van der Waals surface area contributed by atoms with Crippen molar-refractivity contribution < 1.29 is 28.2 Å². The van der Waals surface area contributed by atoms with E-state index in [0.29, 0.717) is 0 Å². The van der Waals surface area contributed by atoms with Gasteiger partial charge >= 0.3 is 11.9 Å². The SMILES string of the molecule is COC(=O)[C@]1(OC(C)=O)[C@@H]2O[C@@H]2C=C[C@H]1O[Si](C)(C)C(C)(C)C. The Bertz CT molecular complexity index is 535. The topological polar surface area (TPSA) is 74.4 Å². The van der Waals surface area contributed by atoms with Crippen LogP contribution in [0.4, 0.5) is 0 Å². The zero-order valence-electron chi connectivity index (χ0n) is 14.8. The van der Waals surface area contributed by atoms with Gasteiger partial charge in [-0.2, -0.15) is 0 Å². The predicted octanol–water partition coefficient (Wildman–Crippen LogP) is 2.19. The summed E-state index contributed by atoms with van der Waals surface area (Å²) in [5.41, 5.74) is -1.57. The van der Waals surface area contributed by atoms with Gasteiger partial charge in [0.1, 0.15) is 18.3 Å². The third-order valence-corrected chi connectivity index (χ3v) is 9.35. The van der Waals surface area contributed by atoms with E-state index in [4.69, 9.17) is 18.6 Å². The highest BCUT2D eigenvalue weighted by Crippen LogP contribution is 2.47. The van der Waals surface area contributed by atoms with E-state index in [9.17, 15) is 9.59 Å². The van der Waals surface area contributed by atoms with Gasteiger partial charge in [-0.3, -0.25) is 4.79 Å². The zero-order valence-corrected chi connectivity index (χ0v) is 15.8. The summed E-state index contributed by atoms with van der Waals surface area (Å²) in [5.74, 6) is -1.21. The van der Waals surface area contributed by atoms with Crippen molar-refractivity contribution in [3.8, 4) is 0 Å². The second-order valence-electron chi connectivity index (χ2n) is 7.58. The van der Waals surface area contributed by atoms with Gasteiger partial charge in [0.05, 0.1) is 7.11 Å². The maximum atomic E-state index is 12.5. The lowest BCUT2D eigenvalue weighted by Gasteiger charge is -2.44. The van der Waals surface area contributed by atoms with Crippen molar-refractivity contribution in [1.82, 2.24) is 0 Å². The Hall–Kier alpha value is -1.18. The van der Waals surface area contributed by atoms with E-state index in [1.807, 2.05) is 6.08 Å². The fourth-order valence-electron chi connectivity index (χ4n) is 2.54. The summed E-state index contributed by atoms with van der Waals surface area (Å²) >= 11 is 0. The largest absolute Gasteiger partial charge is 0.466 e. The highest BCUT2D eigenvalue weighted by Gasteiger charge is 2.69. The fourth-order valence-corrected chi connectivity index (χ4v) is 3.78. The Morgan fingerprint density at radius 1 is 1.22 bits per heavy atom. The summed E-state index contributed by atoms with van der Waals surface area (Å²) < 4.78 is 22.3. The molecule has 0 amide bonds. The van der Waals surface area contributed by atoms with Crippen molar-refractivity contribution in [3.05, 3.63) is 12.2 Å². The van der Waals surface area contributed by atoms with Gasteiger partial charge in [-0.1, -0.05) is 32.9 Å². The van der Waals surface area contributed by atoms with Gasteiger partial charge in [0, 0.05) is 6.92 Å². The molecule has 1 saturated heterocycles. The Labute approximate surface area is 138 Å². The average Bonchev–Trinajstić information content (AvgIpc) is 3.18. The number of methoxy groups -OCH3 is 1. The average molecular weight is 342 g/mol. The molecular formula is C16H26O6Si. The minimum absolute atomic E-state index is 0.0554. The standard InChI is InChI=1S/C16H26O6Si/c1-10(17)21-16(14(18)19-5)12(9-8-11-13(16)20-11)22-23(6,7)15(2,3)4/h8-9,11-13H,1-7H3/t11-,12-,13-,16-/m1/s1. The molecule has 0 unspecified atom stereocenters. The molecule has 0 N–H and O–H groups in total. The molecule has 0 aromatic carbocycles. The molecule has 1 aliphatic heterocycles. The second-order valence-corrected chi connectivity index (χ2v) is 12.3. The van der Waals surface area contributed by atoms with E-state index in [-0.39, 0.29) is 11.1 Å². The van der Waals surface area contributed by atoms with E-state index in [2.05, 4.69) is 33.9 Å². The van der Waals surface area contributed by atoms with Crippen LogP contribution in [-0.2, 0) is 28.2 Å². The van der Waals surface area contributed by atoms with E-state index >= 15 is 0 Å². The van der Waals surface area contributed by atoms with E-state index < -0.39 is 38.1 Å². The van der Waals surface area contributed by atoms with Gasteiger partial charge in [0.2, 0.25) is 0 Å². The fraction of sp³-hybridized carbons (Fsp3) is 0.750. The van der Waals surface area contributed by atoms with Crippen LogP contribution in [0.1, 0.15) is 27.7 Å². The van der Waals surface area contributed by atoms with Gasteiger partial charge in [0.15, 0.2) is 8.32 Å². The molecule has 2 aliphatic rings. The second kappa shape index (κ2) is 5.72. The van der Waals surface area contributed by atoms with E-state index in [1.54, 1.807) is 6.08 Å². The first-order chi connectivity index (χ1) is 10.5. The molecule has 2 rings (SSSR count). The molecule has 0 spiro atoms. The number of hydrogen-bond acceptors (Lipinski definition) is 6. The third-order valence-electron chi connectivity index (χ3n) is 4.89. The van der Waals surface area contributed by atoms with Crippen molar-refractivity contribution in [3.63, 3.8) is 0 Å². The Morgan fingerprint density at radius 2 is 1.83 bits per heavy atom. The van der Waals surface area contributed by atoms with Crippen LogP contribution in [0.3, 0.4) is 0 Å². The number of esters is 2. The van der Waals surface area contributed by atoms with Crippen molar-refractivity contribution in [1.29, 1.82) is 0 Å². The number of ether oxygens (including phenoxy) is 3. The quantitative estimate of drug-likeness (QED) is 0.337. The minimum Gasteiger partial charge on any atom is -0.466 e. The predicted molar refractivity (Wildman–Crippen MR) is 86.4 cm³/mol. The van der Waals surface area contributed by atoms with Crippen molar-refractivity contribution in [2.75, 3.05) is 7.11 Å². The van der Waals surface area contributed by atoms with Gasteiger partial charge in [-0.25, -0.2) is 4.79 Å². The van der Waals surface area contributed by atoms with Crippen LogP contribution in [0, 0.1) is 0 Å². The molecule has 7 heteroatoms. The summed E-state index contributed by atoms with van der Waals surface area (Å²) in [5, 5.41) is -0.0554. The lowest BCUT2D eigenvalue weighted by Crippen LogP contribution is -2.62. The molecule has 0 saturated carbocycles. The minimum atomic E-state index is -2.21. The van der Waals surface area contributed by atoms with Crippen molar-refractivity contribution in [2.45, 2.75) is 69.7 Å². The van der Waals surface area contributed by atoms with Crippen LogP contribution in [0.5, 0.6) is 0 Å². The number of fused-ring (bicyclic) bond motifs is 1. The number of rotatable bonds is 4. The molecule has 0 bridgehead atoms. The third kappa shape index (κ3) is 3.09. The van der Waals surface area contributed by atoms with Crippen LogP contribution in [0.15, 0.2) is 12.2 Å². The molecule has 0 radical (unpaired) electrons. The summed E-state index contributed by atoms with van der Waals surface area (Å²) in [6.45, 7) is 11.7. The lowest BCUT2D eigenvalue weighted by atomic mass is 9.86. The highest BCUT2D eigenvalue weighted by atomic mass is 28.4. The van der Waals surface area contributed by atoms with Gasteiger partial charge in [0.25, 0.3) is 5.60 Å². The Kier molecular flexibility index (Phi) is 4.51. The first kappa shape index (κ1) is 18.2. The summed E-state index contributed by atoms with van der Waals surface area (Å²) in [6.07, 6.45) is 2.09. The van der Waals surface area contributed by atoms with Gasteiger partial charge in [-0.05, 0) is 18.1 Å². The maximum Gasteiger partial charge on any atom is 0.356 e. The molecule has 0 aromatic heterocycles. The first-order valence-electron chi connectivity index (χ1n) is 7.75. The van der Waals surface area contributed by atoms with E-state index in [1.165, 1.54) is 14.0 Å². The van der Waals surface area contributed by atoms with Crippen LogP contribution in [0.25, 0.3) is 0 Å². The number of carbonyl (C=O) groups is 2. The van der Waals surface area contributed by atoms with Crippen molar-refractivity contribution >= 4 is 20.3 Å². The zero-order chi connectivity index (χ0) is 17.6. The van der Waals surface area contributed by atoms with Crippen LogP contribution >= 0.6 is 0 Å². The molecule has 1 fully saturated rings. The summed E-state index contributed by atoms with van der Waals surface area (Å²) in [4.78, 5) is 24.2.